The lowest BCUT2D eigenvalue weighted by Gasteiger charge is -2.36. The number of halogens is 4. The van der Waals surface area contributed by atoms with E-state index in [1.807, 2.05) is 0 Å². The zero-order valence-corrected chi connectivity index (χ0v) is 29.0. The second-order valence-electron chi connectivity index (χ2n) is 13.6. The van der Waals surface area contributed by atoms with Gasteiger partial charge in [-0.05, 0) is 73.6 Å². The zero-order valence-electron chi connectivity index (χ0n) is 28.0. The molecule has 1 unspecified atom stereocenters. The Morgan fingerprint density at radius 1 is 1.06 bits per heavy atom. The summed E-state index contributed by atoms with van der Waals surface area (Å²) in [6, 6.07) is 10.0. The number of fused-ring (bicyclic) bond motifs is 1. The number of aromatic nitrogens is 1. The van der Waals surface area contributed by atoms with Crippen molar-refractivity contribution in [2.24, 2.45) is 0 Å². The number of hydrogen-bond acceptors (Lipinski definition) is 8. The topological polar surface area (TPSA) is 119 Å². The van der Waals surface area contributed by atoms with Crippen LogP contribution in [0, 0.1) is 5.82 Å². The first-order valence-corrected chi connectivity index (χ1v) is 18.2. The number of nitrogens with one attached hydrogen (secondary N) is 1. The summed E-state index contributed by atoms with van der Waals surface area (Å²) in [5, 5.41) is 23.6. The van der Waals surface area contributed by atoms with E-state index >= 15 is 0 Å². The Morgan fingerprint density at radius 3 is 2.31 bits per heavy atom. The smallest absolute Gasteiger partial charge is 0.424 e. The van der Waals surface area contributed by atoms with Gasteiger partial charge in [0.25, 0.3) is 5.91 Å². The van der Waals surface area contributed by atoms with Crippen LogP contribution in [0.5, 0.6) is 17.2 Å². The quantitative estimate of drug-likeness (QED) is 0.118. The van der Waals surface area contributed by atoms with Gasteiger partial charge in [0.2, 0.25) is 5.60 Å². The van der Waals surface area contributed by atoms with Gasteiger partial charge in [-0.25, -0.2) is 9.37 Å². The maximum absolute atomic E-state index is 14.7. The van der Waals surface area contributed by atoms with Crippen molar-refractivity contribution in [3.63, 3.8) is 0 Å². The number of methoxy groups -OCH3 is 1. The summed E-state index contributed by atoms with van der Waals surface area (Å²) in [5.41, 5.74) is -5.33. The Labute approximate surface area is 278 Å². The van der Waals surface area contributed by atoms with Crippen LogP contribution in [-0.2, 0) is 15.4 Å². The molecular weight excluding hydrogens is 652 g/mol. The number of carbonyl (C=O) groups excluding carboxylic acids is 1. The number of nitrogens with zero attached hydrogens (tertiary/aromatic N) is 1. The second-order valence-corrected chi connectivity index (χ2v) is 18.4. The third-order valence-electron chi connectivity index (χ3n) is 9.06. The summed E-state index contributed by atoms with van der Waals surface area (Å²) < 4.78 is 80.8. The van der Waals surface area contributed by atoms with Crippen LogP contribution in [0.1, 0.15) is 49.3 Å². The molecule has 4 rings (SSSR count). The van der Waals surface area contributed by atoms with Crippen molar-refractivity contribution in [2.75, 3.05) is 40.1 Å². The van der Waals surface area contributed by atoms with E-state index in [0.717, 1.165) is 18.2 Å². The van der Waals surface area contributed by atoms with Crippen LogP contribution in [0.25, 0.3) is 11.3 Å². The standard InChI is InChI=1S/C34H42F4N2O7Si/c1-31(2,3)48(6,7)47-15-14-45-25-13-10-22(16-26(25)44-5)30(42)39-18-33(43,34(36,37)38)27-17-24-29(46-20-32(24,4)19-41)28(40-27)21-8-11-23(35)12-9-21/h8-13,16-17,41,43H,14-15,18-20H2,1-7H3,(H,39,42)/t32-,33?/m0/s1. The van der Waals surface area contributed by atoms with Crippen molar-refractivity contribution < 1.29 is 51.2 Å². The lowest BCUT2D eigenvalue weighted by atomic mass is 9.83. The van der Waals surface area contributed by atoms with Gasteiger partial charge >= 0.3 is 6.18 Å². The maximum atomic E-state index is 14.7. The normalized spacial score (nSPS) is 17.7. The van der Waals surface area contributed by atoms with E-state index in [1.165, 1.54) is 37.4 Å². The highest BCUT2D eigenvalue weighted by molar-refractivity contribution is 6.74. The third kappa shape index (κ3) is 7.46. The highest BCUT2D eigenvalue weighted by Crippen LogP contribution is 2.47. The number of amides is 1. The first kappa shape index (κ1) is 37.1. The first-order valence-electron chi connectivity index (χ1n) is 15.3. The van der Waals surface area contributed by atoms with Crippen LogP contribution in [0.15, 0.2) is 48.5 Å². The van der Waals surface area contributed by atoms with Crippen molar-refractivity contribution >= 4 is 14.2 Å². The van der Waals surface area contributed by atoms with Crippen LogP contribution in [-0.4, -0.2) is 75.7 Å². The van der Waals surface area contributed by atoms with Crippen LogP contribution in [0.3, 0.4) is 0 Å². The summed E-state index contributed by atoms with van der Waals surface area (Å²) in [7, 11) is -0.627. The highest BCUT2D eigenvalue weighted by atomic mass is 28.4. The molecule has 3 N–H and O–H groups in total. The number of benzene rings is 2. The van der Waals surface area contributed by atoms with Gasteiger partial charge in [-0.15, -0.1) is 0 Å². The minimum Gasteiger partial charge on any atom is -0.493 e. The molecule has 48 heavy (non-hydrogen) atoms. The predicted molar refractivity (Wildman–Crippen MR) is 173 cm³/mol. The Kier molecular flexibility index (Phi) is 10.6. The molecule has 2 heterocycles. The fourth-order valence-electron chi connectivity index (χ4n) is 4.82. The van der Waals surface area contributed by atoms with Gasteiger partial charge in [-0.2, -0.15) is 13.2 Å². The number of rotatable bonds is 12. The number of alkyl halides is 3. The van der Waals surface area contributed by atoms with E-state index in [2.05, 4.69) is 44.2 Å². The molecule has 3 aromatic rings. The SMILES string of the molecule is COc1cc(C(=O)NCC(O)(c2cc3c(c(-c4ccc(F)cc4)n2)OC[C@]3(C)CO)C(F)(F)F)ccc1OCCO[Si](C)(C)C(C)(C)C. The molecule has 0 fully saturated rings. The van der Waals surface area contributed by atoms with Gasteiger partial charge in [0.05, 0.1) is 38.0 Å². The molecule has 2 aromatic carbocycles. The lowest BCUT2D eigenvalue weighted by Crippen LogP contribution is -2.51. The average Bonchev–Trinajstić information content (AvgIpc) is 3.37. The van der Waals surface area contributed by atoms with Crippen molar-refractivity contribution in [3.8, 4) is 28.5 Å². The van der Waals surface area contributed by atoms with Crippen molar-refractivity contribution in [2.45, 2.75) is 63.0 Å². The Balaban J connectivity index is 1.59. The van der Waals surface area contributed by atoms with Gasteiger partial charge in [0.15, 0.2) is 19.8 Å². The van der Waals surface area contributed by atoms with E-state index < -0.39 is 56.1 Å². The van der Waals surface area contributed by atoms with Crippen LogP contribution < -0.4 is 19.5 Å². The maximum Gasteiger partial charge on any atom is 0.424 e. The van der Waals surface area contributed by atoms with Crippen molar-refractivity contribution in [1.29, 1.82) is 0 Å². The molecule has 1 aromatic heterocycles. The summed E-state index contributed by atoms with van der Waals surface area (Å²) in [6.45, 7) is 10.9. The average molecular weight is 695 g/mol. The fraction of sp³-hybridized carbons (Fsp3) is 0.471. The van der Waals surface area contributed by atoms with E-state index in [1.54, 1.807) is 6.92 Å². The Bertz CT molecular complexity index is 1630. The van der Waals surface area contributed by atoms with Crippen molar-refractivity contribution in [3.05, 3.63) is 71.2 Å². The molecule has 9 nitrogen and oxygen atoms in total. The predicted octanol–water partition coefficient (Wildman–Crippen LogP) is 6.12. The molecule has 2 atom stereocenters. The molecule has 14 heteroatoms. The van der Waals surface area contributed by atoms with E-state index in [4.69, 9.17) is 18.6 Å². The minimum absolute atomic E-state index is 0.0217. The van der Waals surface area contributed by atoms with Gasteiger partial charge in [-0.1, -0.05) is 20.8 Å². The summed E-state index contributed by atoms with van der Waals surface area (Å²) in [4.78, 5) is 17.3. The summed E-state index contributed by atoms with van der Waals surface area (Å²) in [6.07, 6.45) is -5.31. The fourth-order valence-corrected chi connectivity index (χ4v) is 5.85. The number of aliphatic hydroxyl groups excluding tert-OH is 1. The lowest BCUT2D eigenvalue weighted by molar-refractivity contribution is -0.265. The summed E-state index contributed by atoms with van der Waals surface area (Å²) >= 11 is 0. The van der Waals surface area contributed by atoms with E-state index in [9.17, 15) is 32.6 Å². The summed E-state index contributed by atoms with van der Waals surface area (Å²) in [5.74, 6) is -0.907. The van der Waals surface area contributed by atoms with Crippen molar-refractivity contribution in [1.82, 2.24) is 10.3 Å². The van der Waals surface area contributed by atoms with E-state index in [-0.39, 0.29) is 52.1 Å². The molecule has 0 radical (unpaired) electrons. The third-order valence-corrected chi connectivity index (χ3v) is 13.6. The van der Waals surface area contributed by atoms with Gasteiger partial charge in [0.1, 0.15) is 30.5 Å². The molecular formula is C34H42F4N2O7Si. The monoisotopic (exact) mass is 694 g/mol. The van der Waals surface area contributed by atoms with Gasteiger partial charge in [-0.3, -0.25) is 4.79 Å². The van der Waals surface area contributed by atoms with Crippen LogP contribution in [0.4, 0.5) is 17.6 Å². The molecule has 0 bridgehead atoms. The number of pyridine rings is 1. The first-order chi connectivity index (χ1) is 22.3. The number of hydrogen-bond donors (Lipinski definition) is 3. The number of carbonyl (C=O) groups is 1. The van der Waals surface area contributed by atoms with Gasteiger partial charge < -0.3 is 34.2 Å². The van der Waals surface area contributed by atoms with Crippen LogP contribution >= 0.6 is 0 Å². The number of aliphatic hydroxyl groups is 2. The molecule has 1 amide bonds. The highest BCUT2D eigenvalue weighted by Gasteiger charge is 2.57. The van der Waals surface area contributed by atoms with Crippen LogP contribution in [0.2, 0.25) is 18.1 Å². The Hall–Kier alpha value is -3.72. The molecule has 1 aliphatic heterocycles. The molecule has 0 aliphatic carbocycles. The molecule has 1 aliphatic rings. The Morgan fingerprint density at radius 2 is 1.73 bits per heavy atom. The molecule has 0 saturated heterocycles. The molecule has 0 saturated carbocycles. The number of ether oxygens (including phenoxy) is 3. The molecule has 0 spiro atoms. The van der Waals surface area contributed by atoms with Gasteiger partial charge in [0, 0.05) is 16.7 Å². The second kappa shape index (κ2) is 13.7. The minimum atomic E-state index is -5.31. The zero-order chi connectivity index (χ0) is 35.7. The van der Waals surface area contributed by atoms with E-state index in [0.29, 0.717) is 12.4 Å². The largest absolute Gasteiger partial charge is 0.493 e. The molecule has 262 valence electrons.